The highest BCUT2D eigenvalue weighted by Gasteiger charge is 2.56. The SMILES string of the molecule is CC(C)(C)[Si](C)(C)OC[C@H]1O[C@H]2[C@H](C[Si](C)(C)c3cc(=O)[nH]c(=O)n32)[C@@H]1O[Si](C)(C)C(C)(C)C. The molecular weight excluding hydrogens is 481 g/mol. The highest BCUT2D eigenvalue weighted by molar-refractivity contribution is 6.89. The molecule has 2 aliphatic rings. The van der Waals surface area contributed by atoms with Crippen molar-refractivity contribution in [1.29, 1.82) is 0 Å². The molecule has 10 heteroatoms. The van der Waals surface area contributed by atoms with Gasteiger partial charge in [0.1, 0.15) is 20.4 Å². The Balaban J connectivity index is 2.05. The van der Waals surface area contributed by atoms with E-state index in [1.165, 1.54) is 0 Å². The molecule has 34 heavy (non-hydrogen) atoms. The van der Waals surface area contributed by atoms with Crippen molar-refractivity contribution in [3.63, 3.8) is 0 Å². The number of nitrogens with zero attached hydrogens (tertiary/aromatic N) is 1. The molecular formula is C24H46N2O5Si3. The molecule has 1 saturated heterocycles. The van der Waals surface area contributed by atoms with Crippen LogP contribution in [0.5, 0.6) is 0 Å². The second-order valence-corrected chi connectivity index (χ2v) is 28.2. The van der Waals surface area contributed by atoms with Gasteiger partial charge >= 0.3 is 5.69 Å². The maximum atomic E-state index is 13.0. The largest absolute Gasteiger partial charge is 0.414 e. The molecule has 7 nitrogen and oxygen atoms in total. The summed E-state index contributed by atoms with van der Waals surface area (Å²) in [7, 11) is -6.19. The van der Waals surface area contributed by atoms with E-state index in [1.807, 2.05) is 0 Å². The Labute approximate surface area is 207 Å². The smallest absolute Gasteiger partial charge is 0.330 e. The van der Waals surface area contributed by atoms with Crippen LogP contribution in [0.2, 0.25) is 55.4 Å². The van der Waals surface area contributed by atoms with Crippen LogP contribution in [0.15, 0.2) is 15.7 Å². The van der Waals surface area contributed by atoms with Crippen molar-refractivity contribution in [3.05, 3.63) is 26.9 Å². The number of hydrogen-bond donors (Lipinski definition) is 1. The topological polar surface area (TPSA) is 82.5 Å². The predicted molar refractivity (Wildman–Crippen MR) is 146 cm³/mol. The predicted octanol–water partition coefficient (Wildman–Crippen LogP) is 4.39. The molecule has 194 valence electrons. The fourth-order valence-electron chi connectivity index (χ4n) is 4.56. The fourth-order valence-corrected chi connectivity index (χ4v) is 10.2. The lowest BCUT2D eigenvalue weighted by molar-refractivity contribution is -0.0431. The third kappa shape index (κ3) is 5.04. The van der Waals surface area contributed by atoms with Crippen molar-refractivity contribution in [2.75, 3.05) is 6.61 Å². The lowest BCUT2D eigenvalue weighted by Crippen LogP contribution is -2.61. The first-order chi connectivity index (χ1) is 15.2. The molecule has 4 atom stereocenters. The number of aromatic nitrogens is 2. The Morgan fingerprint density at radius 2 is 1.62 bits per heavy atom. The van der Waals surface area contributed by atoms with E-state index < -0.39 is 30.9 Å². The molecule has 1 aromatic rings. The Bertz CT molecular complexity index is 1030. The van der Waals surface area contributed by atoms with Crippen LogP contribution >= 0.6 is 0 Å². The van der Waals surface area contributed by atoms with E-state index in [4.69, 9.17) is 13.6 Å². The highest BCUT2D eigenvalue weighted by Crippen LogP contribution is 2.48. The molecule has 0 aliphatic carbocycles. The Morgan fingerprint density at radius 1 is 1.06 bits per heavy atom. The van der Waals surface area contributed by atoms with E-state index in [9.17, 15) is 9.59 Å². The normalized spacial score (nSPS) is 27.4. The summed E-state index contributed by atoms with van der Waals surface area (Å²) >= 11 is 0. The van der Waals surface area contributed by atoms with E-state index in [1.54, 1.807) is 10.6 Å². The number of hydrogen-bond acceptors (Lipinski definition) is 5. The second-order valence-electron chi connectivity index (χ2n) is 13.9. The third-order valence-electron chi connectivity index (χ3n) is 8.79. The molecule has 1 fully saturated rings. The van der Waals surface area contributed by atoms with Crippen molar-refractivity contribution in [2.45, 2.75) is 115 Å². The van der Waals surface area contributed by atoms with Crippen LogP contribution in [0.3, 0.4) is 0 Å². The Morgan fingerprint density at radius 3 is 2.15 bits per heavy atom. The van der Waals surface area contributed by atoms with Gasteiger partial charge in [-0.05, 0) is 42.3 Å². The zero-order valence-electron chi connectivity index (χ0n) is 23.3. The summed E-state index contributed by atoms with van der Waals surface area (Å²) in [6, 6.07) is 2.52. The molecule has 1 N–H and O–H groups in total. The standard InChI is InChI=1S/C24H46N2O5Si3/c1-23(2,3)33(9,10)29-14-17-20(31-34(11,12)24(4,5)6)16-15-32(7,8)19-13-18(27)25-22(28)26(19)21(16)30-17/h13,16-17,20-21H,14-15H2,1-12H3,(H,25,27,28)/t16-,17-,20+,21+/m1/s1. The van der Waals surface area contributed by atoms with Gasteiger partial charge in [0.05, 0.1) is 12.7 Å². The van der Waals surface area contributed by atoms with Gasteiger partial charge in [0.15, 0.2) is 16.6 Å². The summed E-state index contributed by atoms with van der Waals surface area (Å²) in [4.78, 5) is 27.6. The number of aromatic amines is 1. The van der Waals surface area contributed by atoms with Gasteiger partial charge in [-0.3, -0.25) is 14.3 Å². The van der Waals surface area contributed by atoms with Crippen molar-refractivity contribution in [3.8, 4) is 0 Å². The number of ether oxygens (including phenoxy) is 1. The summed E-state index contributed by atoms with van der Waals surface area (Å²) in [6.07, 6.45) is -0.843. The zero-order chi connectivity index (χ0) is 26.1. The number of H-pyrrole nitrogens is 1. The maximum Gasteiger partial charge on any atom is 0.330 e. The fraction of sp³-hybridized carbons (Fsp3) is 0.833. The first kappa shape index (κ1) is 27.8. The number of rotatable bonds is 5. The quantitative estimate of drug-likeness (QED) is 0.575. The highest BCUT2D eigenvalue weighted by atomic mass is 28.4. The van der Waals surface area contributed by atoms with Crippen molar-refractivity contribution in [1.82, 2.24) is 9.55 Å². The minimum atomic E-state index is -2.11. The van der Waals surface area contributed by atoms with Gasteiger partial charge in [0.25, 0.3) is 5.56 Å². The molecule has 0 radical (unpaired) electrons. The summed E-state index contributed by atoms with van der Waals surface area (Å²) in [5.74, 6) is 0.0555. The molecule has 3 heterocycles. The van der Waals surface area contributed by atoms with Crippen LogP contribution in [0, 0.1) is 5.92 Å². The van der Waals surface area contributed by atoms with Crippen molar-refractivity contribution in [2.24, 2.45) is 5.92 Å². The Kier molecular flexibility index (Phi) is 7.07. The summed E-state index contributed by atoms with van der Waals surface area (Å²) in [5.41, 5.74) is -0.713. The minimum absolute atomic E-state index is 0.0531. The molecule has 1 aromatic heterocycles. The Hall–Kier alpha value is -0.789. The minimum Gasteiger partial charge on any atom is -0.414 e. The lowest BCUT2D eigenvalue weighted by Gasteiger charge is -2.44. The van der Waals surface area contributed by atoms with Crippen molar-refractivity contribution >= 4 is 30.0 Å². The third-order valence-corrected chi connectivity index (χ3v) is 21.0. The average molecular weight is 527 g/mol. The van der Waals surface area contributed by atoms with Gasteiger partial charge < -0.3 is 13.6 Å². The van der Waals surface area contributed by atoms with Crippen LogP contribution in [0.25, 0.3) is 0 Å². The molecule has 0 saturated carbocycles. The summed E-state index contributed by atoms with van der Waals surface area (Å²) in [5, 5.41) is 1.00. The van der Waals surface area contributed by atoms with E-state index in [2.05, 4.69) is 85.8 Å². The van der Waals surface area contributed by atoms with Crippen LogP contribution in [0.4, 0.5) is 0 Å². The maximum absolute atomic E-state index is 13.0. The first-order valence-corrected chi connectivity index (χ1v) is 21.5. The molecule has 3 rings (SSSR count). The molecule has 0 amide bonds. The van der Waals surface area contributed by atoms with Crippen LogP contribution in [-0.2, 0) is 13.6 Å². The number of fused-ring (bicyclic) bond motifs is 3. The van der Waals surface area contributed by atoms with Crippen LogP contribution in [0.1, 0.15) is 47.8 Å². The van der Waals surface area contributed by atoms with Gasteiger partial charge in [0.2, 0.25) is 0 Å². The van der Waals surface area contributed by atoms with E-state index in [-0.39, 0.29) is 39.5 Å². The van der Waals surface area contributed by atoms with Gasteiger partial charge in [-0.2, -0.15) is 0 Å². The molecule has 0 bridgehead atoms. The summed E-state index contributed by atoms with van der Waals surface area (Å²) in [6.45, 7) is 27.4. The van der Waals surface area contributed by atoms with E-state index in [0.717, 1.165) is 11.4 Å². The second kappa shape index (κ2) is 8.65. The monoisotopic (exact) mass is 526 g/mol. The molecule has 0 unspecified atom stereocenters. The molecule has 0 spiro atoms. The van der Waals surface area contributed by atoms with Gasteiger partial charge in [-0.15, -0.1) is 0 Å². The van der Waals surface area contributed by atoms with E-state index in [0.29, 0.717) is 6.61 Å². The van der Waals surface area contributed by atoms with E-state index >= 15 is 0 Å². The number of nitrogens with one attached hydrogen (secondary N) is 1. The first-order valence-electron chi connectivity index (χ1n) is 12.5. The lowest BCUT2D eigenvalue weighted by atomic mass is 10.0. The van der Waals surface area contributed by atoms with Crippen LogP contribution < -0.4 is 16.6 Å². The van der Waals surface area contributed by atoms with Gasteiger partial charge in [0, 0.05) is 17.3 Å². The van der Waals surface area contributed by atoms with Crippen molar-refractivity contribution < 1.29 is 13.6 Å². The van der Waals surface area contributed by atoms with Gasteiger partial charge in [-0.1, -0.05) is 54.6 Å². The summed E-state index contributed by atoms with van der Waals surface area (Å²) < 4.78 is 22.0. The molecule has 0 aromatic carbocycles. The van der Waals surface area contributed by atoms with Crippen LogP contribution in [-0.4, -0.2) is 53.1 Å². The average Bonchev–Trinajstić information content (AvgIpc) is 2.94. The van der Waals surface area contributed by atoms with Gasteiger partial charge in [-0.25, -0.2) is 4.79 Å². The zero-order valence-corrected chi connectivity index (χ0v) is 26.3. The molecule has 2 aliphatic heterocycles.